The van der Waals surface area contributed by atoms with E-state index in [-0.39, 0.29) is 0 Å². The number of hydrogen-bond donors (Lipinski definition) is 1. The molecule has 1 saturated carbocycles. The minimum atomic E-state index is 0.292. The van der Waals surface area contributed by atoms with Gasteiger partial charge in [-0.2, -0.15) is 0 Å². The molecule has 2 rings (SSSR count). The molecule has 0 saturated heterocycles. The van der Waals surface area contributed by atoms with Gasteiger partial charge in [0.25, 0.3) is 0 Å². The van der Waals surface area contributed by atoms with E-state index < -0.39 is 0 Å². The highest BCUT2D eigenvalue weighted by atomic mass is 35.5. The number of rotatable bonds is 2. The van der Waals surface area contributed by atoms with Crippen molar-refractivity contribution in [3.05, 3.63) is 33.8 Å². The second-order valence-electron chi connectivity index (χ2n) is 7.24. The lowest BCUT2D eigenvalue weighted by Gasteiger charge is -2.41. The summed E-state index contributed by atoms with van der Waals surface area (Å²) in [7, 11) is 0. The summed E-state index contributed by atoms with van der Waals surface area (Å²) in [5.41, 5.74) is 7.88. The molecule has 0 spiro atoms. The minimum Gasteiger partial charge on any atom is -0.327 e. The van der Waals surface area contributed by atoms with Crippen molar-refractivity contribution >= 4 is 23.2 Å². The summed E-state index contributed by atoms with van der Waals surface area (Å²) >= 11 is 12.3. The minimum absolute atomic E-state index is 0.292. The van der Waals surface area contributed by atoms with Gasteiger partial charge < -0.3 is 5.73 Å². The van der Waals surface area contributed by atoms with Crippen molar-refractivity contribution in [2.75, 3.05) is 0 Å². The Hall–Kier alpha value is -0.240. The molecule has 3 heteroatoms. The number of benzene rings is 1. The Morgan fingerprint density at radius 1 is 1.20 bits per heavy atom. The monoisotopic (exact) mass is 313 g/mol. The van der Waals surface area contributed by atoms with Crippen LogP contribution >= 0.6 is 23.2 Å². The summed E-state index contributed by atoms with van der Waals surface area (Å²) in [6.07, 6.45) is 4.53. The van der Waals surface area contributed by atoms with Gasteiger partial charge in [-0.1, -0.05) is 50.0 Å². The molecule has 0 heterocycles. The normalized spacial score (nSPS) is 27.6. The van der Waals surface area contributed by atoms with E-state index in [0.29, 0.717) is 22.4 Å². The Morgan fingerprint density at radius 3 is 2.50 bits per heavy atom. The van der Waals surface area contributed by atoms with Gasteiger partial charge in [-0.15, -0.1) is 0 Å². The zero-order valence-electron chi connectivity index (χ0n) is 12.6. The molecule has 0 bridgehead atoms. The summed E-state index contributed by atoms with van der Waals surface area (Å²) in [5, 5.41) is 1.46. The molecule has 112 valence electrons. The Kier molecular flexibility index (Phi) is 5.05. The van der Waals surface area contributed by atoms with E-state index in [1.54, 1.807) is 0 Å². The largest absolute Gasteiger partial charge is 0.327 e. The van der Waals surface area contributed by atoms with Crippen LogP contribution in [0.15, 0.2) is 18.2 Å². The first kappa shape index (κ1) is 16.1. The lowest BCUT2D eigenvalue weighted by Crippen LogP contribution is -2.40. The first-order chi connectivity index (χ1) is 9.27. The van der Waals surface area contributed by atoms with E-state index in [2.05, 4.69) is 20.8 Å². The molecule has 3 unspecified atom stereocenters. The van der Waals surface area contributed by atoms with Crippen LogP contribution in [0.4, 0.5) is 0 Å². The van der Waals surface area contributed by atoms with Crippen LogP contribution in [0.2, 0.25) is 10.0 Å². The maximum absolute atomic E-state index is 6.34. The number of hydrogen-bond acceptors (Lipinski definition) is 1. The molecule has 2 N–H and O–H groups in total. The number of nitrogens with two attached hydrogens (primary N) is 1. The van der Waals surface area contributed by atoms with Gasteiger partial charge in [-0.05, 0) is 60.6 Å². The summed E-state index contributed by atoms with van der Waals surface area (Å²) in [6, 6.07) is 6.07. The van der Waals surface area contributed by atoms with Crippen molar-refractivity contribution in [1.29, 1.82) is 0 Å². The van der Waals surface area contributed by atoms with Crippen LogP contribution < -0.4 is 5.73 Å². The molecule has 1 aromatic carbocycles. The van der Waals surface area contributed by atoms with Crippen molar-refractivity contribution in [2.45, 2.75) is 52.5 Å². The van der Waals surface area contributed by atoms with Crippen molar-refractivity contribution < 1.29 is 0 Å². The first-order valence-corrected chi connectivity index (χ1v) is 8.22. The second-order valence-corrected chi connectivity index (χ2v) is 8.08. The average molecular weight is 314 g/mol. The van der Waals surface area contributed by atoms with E-state index in [1.807, 2.05) is 18.2 Å². The van der Waals surface area contributed by atoms with Gasteiger partial charge in [0, 0.05) is 16.1 Å². The van der Waals surface area contributed by atoms with E-state index in [9.17, 15) is 0 Å². The fourth-order valence-corrected chi connectivity index (χ4v) is 3.76. The van der Waals surface area contributed by atoms with E-state index in [0.717, 1.165) is 23.8 Å². The van der Waals surface area contributed by atoms with E-state index >= 15 is 0 Å². The van der Waals surface area contributed by atoms with Crippen LogP contribution in [-0.4, -0.2) is 6.04 Å². The van der Waals surface area contributed by atoms with Crippen LogP contribution in [0.3, 0.4) is 0 Å². The van der Waals surface area contributed by atoms with E-state index in [1.165, 1.54) is 18.4 Å². The van der Waals surface area contributed by atoms with Crippen molar-refractivity contribution in [1.82, 2.24) is 0 Å². The molecule has 1 fully saturated rings. The molecular weight excluding hydrogens is 289 g/mol. The zero-order chi connectivity index (χ0) is 14.9. The standard InChI is InChI=1S/C17H25Cl2N/c1-17(2,3)13-5-7-16(20)12(9-13)8-11-4-6-14(18)10-15(11)19/h4,6,10,12-13,16H,5,7-9,20H2,1-3H3. The lowest BCUT2D eigenvalue weighted by atomic mass is 9.66. The summed E-state index contributed by atoms with van der Waals surface area (Å²) in [4.78, 5) is 0. The Labute approximate surface area is 132 Å². The highest BCUT2D eigenvalue weighted by Crippen LogP contribution is 2.41. The smallest absolute Gasteiger partial charge is 0.0452 e. The topological polar surface area (TPSA) is 26.0 Å². The Morgan fingerprint density at radius 2 is 1.90 bits per heavy atom. The fraction of sp³-hybridized carbons (Fsp3) is 0.647. The second kappa shape index (κ2) is 6.25. The van der Waals surface area contributed by atoms with Gasteiger partial charge in [-0.25, -0.2) is 0 Å². The van der Waals surface area contributed by atoms with Crippen LogP contribution in [0.1, 0.15) is 45.6 Å². The third-order valence-electron chi connectivity index (χ3n) is 4.76. The SMILES string of the molecule is CC(C)(C)C1CCC(N)C(Cc2ccc(Cl)cc2Cl)C1. The molecule has 1 aliphatic rings. The van der Waals surface area contributed by atoms with Gasteiger partial charge in [0.05, 0.1) is 0 Å². The van der Waals surface area contributed by atoms with Gasteiger partial charge >= 0.3 is 0 Å². The molecule has 1 nitrogen and oxygen atoms in total. The quantitative estimate of drug-likeness (QED) is 0.785. The molecule has 0 aromatic heterocycles. The van der Waals surface area contributed by atoms with E-state index in [4.69, 9.17) is 28.9 Å². The van der Waals surface area contributed by atoms with Gasteiger partial charge in [0.1, 0.15) is 0 Å². The molecule has 0 aliphatic heterocycles. The van der Waals surface area contributed by atoms with Gasteiger partial charge in [-0.3, -0.25) is 0 Å². The maximum atomic E-state index is 6.34. The third-order valence-corrected chi connectivity index (χ3v) is 5.35. The molecular formula is C17H25Cl2N. The van der Waals surface area contributed by atoms with Crippen LogP contribution in [-0.2, 0) is 6.42 Å². The highest BCUT2D eigenvalue weighted by molar-refractivity contribution is 6.35. The molecule has 1 aromatic rings. The van der Waals surface area contributed by atoms with Crippen LogP contribution in [0, 0.1) is 17.3 Å². The summed E-state index contributed by atoms with van der Waals surface area (Å²) in [6.45, 7) is 7.00. The zero-order valence-corrected chi connectivity index (χ0v) is 14.1. The van der Waals surface area contributed by atoms with Gasteiger partial charge in [0.15, 0.2) is 0 Å². The third kappa shape index (κ3) is 3.90. The van der Waals surface area contributed by atoms with Gasteiger partial charge in [0.2, 0.25) is 0 Å². The predicted octanol–water partition coefficient (Wildman–Crippen LogP) is 5.33. The van der Waals surface area contributed by atoms with Crippen LogP contribution in [0.5, 0.6) is 0 Å². The number of halogens is 2. The maximum Gasteiger partial charge on any atom is 0.0452 e. The lowest BCUT2D eigenvalue weighted by molar-refractivity contribution is 0.127. The molecule has 1 aliphatic carbocycles. The Bertz CT molecular complexity index is 465. The molecule has 20 heavy (non-hydrogen) atoms. The summed E-state index contributed by atoms with van der Waals surface area (Å²) < 4.78 is 0. The van der Waals surface area contributed by atoms with Crippen molar-refractivity contribution in [2.24, 2.45) is 23.0 Å². The average Bonchev–Trinajstić information content (AvgIpc) is 2.33. The van der Waals surface area contributed by atoms with Crippen LogP contribution in [0.25, 0.3) is 0 Å². The first-order valence-electron chi connectivity index (χ1n) is 7.47. The fourth-order valence-electron chi connectivity index (χ4n) is 3.28. The molecule has 0 radical (unpaired) electrons. The van der Waals surface area contributed by atoms with Crippen molar-refractivity contribution in [3.8, 4) is 0 Å². The molecule has 0 amide bonds. The Balaban J connectivity index is 2.10. The predicted molar refractivity (Wildman–Crippen MR) is 88.4 cm³/mol. The highest BCUT2D eigenvalue weighted by Gasteiger charge is 2.34. The molecule has 3 atom stereocenters. The van der Waals surface area contributed by atoms with Crippen molar-refractivity contribution in [3.63, 3.8) is 0 Å². The summed E-state index contributed by atoms with van der Waals surface area (Å²) in [5.74, 6) is 1.27.